The summed E-state index contributed by atoms with van der Waals surface area (Å²) < 4.78 is 11.6. The number of cyclic esters (lactones) is 1. The number of ether oxygens (including phenoxy) is 2. The Labute approximate surface area is 182 Å². The average molecular weight is 430 g/mol. The Morgan fingerprint density at radius 2 is 2.16 bits per heavy atom. The van der Waals surface area contributed by atoms with Crippen molar-refractivity contribution in [1.82, 2.24) is 0 Å². The molecule has 1 heterocycles. The predicted octanol–water partition coefficient (Wildman–Crippen LogP) is 4.14. The highest BCUT2D eigenvalue weighted by Gasteiger charge is 2.73. The largest absolute Gasteiger partial charge is 0.465 e. The third kappa shape index (κ3) is 3.02. The highest BCUT2D eigenvalue weighted by Crippen LogP contribution is 2.69. The Morgan fingerprint density at radius 1 is 1.39 bits per heavy atom. The van der Waals surface area contributed by atoms with E-state index in [-0.39, 0.29) is 35.4 Å². The fraction of sp³-hybridized carbons (Fsp3) is 0.783. The first-order valence-corrected chi connectivity index (χ1v) is 11.4. The zero-order valence-electron chi connectivity index (χ0n) is 18.3. The number of nitrogens with zero attached hydrogens (tertiary/aromatic N) is 3. The second-order valence-corrected chi connectivity index (χ2v) is 9.85. The van der Waals surface area contributed by atoms with Gasteiger partial charge in [-0.25, -0.2) is 0 Å². The molecule has 0 aromatic rings. The highest BCUT2D eigenvalue weighted by molar-refractivity contribution is 6.03. The van der Waals surface area contributed by atoms with E-state index in [9.17, 15) is 14.4 Å². The molecule has 168 valence electrons. The quantitative estimate of drug-likeness (QED) is 0.207. The topological polar surface area (TPSA) is 118 Å². The maximum absolute atomic E-state index is 13.7. The number of allylic oxidation sites excluding steroid dienone is 1. The maximum atomic E-state index is 13.7. The van der Waals surface area contributed by atoms with Crippen LogP contribution in [0, 0.1) is 34.5 Å². The van der Waals surface area contributed by atoms with E-state index in [1.807, 2.05) is 0 Å². The van der Waals surface area contributed by atoms with Gasteiger partial charge in [0.25, 0.3) is 0 Å². The van der Waals surface area contributed by atoms with Gasteiger partial charge >= 0.3 is 11.9 Å². The van der Waals surface area contributed by atoms with Crippen LogP contribution in [0.5, 0.6) is 0 Å². The molecule has 5 aliphatic rings. The molecule has 31 heavy (non-hydrogen) atoms. The SMILES string of the molecule is C=C1C(=O)[C@]23CC[C@H]1CC2C1(CCCC)C(=O)OCC(C)C1C[C@H]3OC(=O)CN=[N+]=[N-]. The Balaban J connectivity index is 1.82. The molecule has 2 bridgehead atoms. The van der Waals surface area contributed by atoms with E-state index < -0.39 is 29.4 Å². The lowest BCUT2D eigenvalue weighted by Gasteiger charge is -2.66. The number of azide groups is 1. The van der Waals surface area contributed by atoms with E-state index in [0.717, 1.165) is 19.3 Å². The van der Waals surface area contributed by atoms with Gasteiger partial charge in [-0.1, -0.05) is 38.4 Å². The summed E-state index contributed by atoms with van der Waals surface area (Å²) in [7, 11) is 0. The predicted molar refractivity (Wildman–Crippen MR) is 111 cm³/mol. The standard InChI is InChI=1S/C23H31N3O5/c1-4-5-7-22-16(13(2)12-30-21(22)29)10-18(31-19(27)11-25-26-24)23-8-6-15(9-17(22)23)14(3)20(23)28/h13,15-18H,3-12H2,1-2H3/t13?,15-,16?,17?,18+,22?,23+/m0/s1. The van der Waals surface area contributed by atoms with Crippen LogP contribution >= 0.6 is 0 Å². The minimum atomic E-state index is -0.946. The number of ketones is 1. The van der Waals surface area contributed by atoms with E-state index in [1.165, 1.54) is 0 Å². The van der Waals surface area contributed by atoms with Gasteiger partial charge in [0.15, 0.2) is 5.78 Å². The van der Waals surface area contributed by atoms with Crippen LogP contribution in [0.1, 0.15) is 58.8 Å². The van der Waals surface area contributed by atoms with E-state index in [1.54, 1.807) is 0 Å². The molecule has 0 aromatic heterocycles. The molecule has 1 saturated heterocycles. The number of carbonyl (C=O) groups excluding carboxylic acids is 3. The molecule has 8 heteroatoms. The number of hydrogen-bond acceptors (Lipinski definition) is 6. The number of unbranched alkanes of at least 4 members (excludes halogenated alkanes) is 1. The van der Waals surface area contributed by atoms with Crippen LogP contribution in [0.4, 0.5) is 0 Å². The normalized spacial score (nSPS) is 41.0. The summed E-state index contributed by atoms with van der Waals surface area (Å²) in [6.45, 7) is 8.20. The second kappa shape index (κ2) is 7.97. The molecule has 0 N–H and O–H groups in total. The fourth-order valence-electron chi connectivity index (χ4n) is 7.24. The number of hydrogen-bond donors (Lipinski definition) is 0. The summed E-state index contributed by atoms with van der Waals surface area (Å²) in [5, 5.41) is 3.33. The number of Topliss-reactive ketones (excluding diaryl/α,β-unsaturated/α-hetero) is 1. The monoisotopic (exact) mass is 429 g/mol. The minimum absolute atomic E-state index is 0.0198. The van der Waals surface area contributed by atoms with Crippen molar-refractivity contribution in [3.63, 3.8) is 0 Å². The van der Waals surface area contributed by atoms with Crippen molar-refractivity contribution in [1.29, 1.82) is 0 Å². The number of esters is 2. The molecule has 1 aliphatic heterocycles. The van der Waals surface area contributed by atoms with E-state index in [4.69, 9.17) is 15.0 Å². The van der Waals surface area contributed by atoms with Crippen LogP contribution in [-0.4, -0.2) is 37.0 Å². The van der Waals surface area contributed by atoms with Gasteiger partial charge in [-0.05, 0) is 66.9 Å². The van der Waals surface area contributed by atoms with Gasteiger partial charge < -0.3 is 9.47 Å². The summed E-state index contributed by atoms with van der Waals surface area (Å²) >= 11 is 0. The van der Waals surface area contributed by atoms with Crippen LogP contribution in [0.3, 0.4) is 0 Å². The van der Waals surface area contributed by atoms with Gasteiger partial charge in [-0.2, -0.15) is 0 Å². The second-order valence-electron chi connectivity index (χ2n) is 9.85. The fourth-order valence-corrected chi connectivity index (χ4v) is 7.24. The number of carbonyl (C=O) groups is 3. The zero-order chi connectivity index (χ0) is 22.4. The third-order valence-electron chi connectivity index (χ3n) is 8.61. The van der Waals surface area contributed by atoms with Crippen LogP contribution in [0.25, 0.3) is 10.4 Å². The molecule has 1 spiro atoms. The summed E-state index contributed by atoms with van der Waals surface area (Å²) in [4.78, 5) is 42.3. The summed E-state index contributed by atoms with van der Waals surface area (Å²) in [6.07, 6.45) is 4.43. The Morgan fingerprint density at radius 3 is 2.87 bits per heavy atom. The first-order chi connectivity index (χ1) is 14.8. The summed E-state index contributed by atoms with van der Waals surface area (Å²) in [6, 6.07) is 0. The van der Waals surface area contributed by atoms with Crippen LogP contribution < -0.4 is 0 Å². The van der Waals surface area contributed by atoms with Gasteiger partial charge in [0.1, 0.15) is 12.6 Å². The van der Waals surface area contributed by atoms with Gasteiger partial charge in [0.2, 0.25) is 0 Å². The van der Waals surface area contributed by atoms with E-state index in [2.05, 4.69) is 30.5 Å². The molecule has 0 amide bonds. The molecule has 0 radical (unpaired) electrons. The maximum Gasteiger partial charge on any atom is 0.312 e. The molecular formula is C23H31N3O5. The molecule has 5 rings (SSSR count). The van der Waals surface area contributed by atoms with Gasteiger partial charge in [-0.3, -0.25) is 14.4 Å². The lowest BCUT2D eigenvalue weighted by atomic mass is 9.37. The molecular weight excluding hydrogens is 398 g/mol. The first kappa shape index (κ1) is 21.9. The summed E-state index contributed by atoms with van der Waals surface area (Å²) in [5.41, 5.74) is 7.48. The van der Waals surface area contributed by atoms with E-state index >= 15 is 0 Å². The van der Waals surface area contributed by atoms with Crippen LogP contribution in [0.15, 0.2) is 17.3 Å². The van der Waals surface area contributed by atoms with Crippen molar-refractivity contribution < 1.29 is 23.9 Å². The third-order valence-corrected chi connectivity index (χ3v) is 8.61. The molecule has 4 unspecified atom stereocenters. The molecule has 8 nitrogen and oxygen atoms in total. The average Bonchev–Trinajstić information content (AvgIpc) is 2.77. The number of fused-ring (bicyclic) bond motifs is 3. The smallest absolute Gasteiger partial charge is 0.312 e. The zero-order valence-corrected chi connectivity index (χ0v) is 18.3. The molecule has 5 fully saturated rings. The molecule has 4 saturated carbocycles. The Kier molecular flexibility index (Phi) is 5.63. The van der Waals surface area contributed by atoms with Crippen molar-refractivity contribution >= 4 is 17.7 Å². The van der Waals surface area contributed by atoms with Gasteiger partial charge in [0.05, 0.1) is 17.4 Å². The van der Waals surface area contributed by atoms with E-state index in [0.29, 0.717) is 37.9 Å². The van der Waals surface area contributed by atoms with Crippen LogP contribution in [0.2, 0.25) is 0 Å². The molecule has 4 aliphatic carbocycles. The van der Waals surface area contributed by atoms with Crippen molar-refractivity contribution in [2.75, 3.05) is 13.2 Å². The molecule has 7 atom stereocenters. The van der Waals surface area contributed by atoms with Crippen molar-refractivity contribution in [2.24, 2.45) is 39.6 Å². The lowest BCUT2D eigenvalue weighted by Crippen LogP contribution is -2.70. The first-order valence-electron chi connectivity index (χ1n) is 11.4. The van der Waals surface area contributed by atoms with Crippen LogP contribution in [-0.2, 0) is 23.9 Å². The Bertz CT molecular complexity index is 865. The summed E-state index contributed by atoms with van der Waals surface area (Å²) in [5.74, 6) is -0.928. The van der Waals surface area contributed by atoms with Crippen molar-refractivity contribution in [3.05, 3.63) is 22.6 Å². The lowest BCUT2D eigenvalue weighted by molar-refractivity contribution is -0.234. The van der Waals surface area contributed by atoms with Gasteiger partial charge in [0, 0.05) is 4.91 Å². The Hall–Kier alpha value is -2.34. The molecule has 0 aromatic carbocycles. The van der Waals surface area contributed by atoms with Gasteiger partial charge in [-0.15, -0.1) is 0 Å². The van der Waals surface area contributed by atoms with Crippen molar-refractivity contribution in [2.45, 2.75) is 64.9 Å². The minimum Gasteiger partial charge on any atom is -0.465 e. The number of rotatable bonds is 6. The van der Waals surface area contributed by atoms with Crippen molar-refractivity contribution in [3.8, 4) is 0 Å². The highest BCUT2D eigenvalue weighted by atomic mass is 16.5.